The van der Waals surface area contributed by atoms with Gasteiger partial charge in [0.1, 0.15) is 5.70 Å². The monoisotopic (exact) mass is 337 g/mol. The molecular formula is C19H23N5O. The average Bonchev–Trinajstić information content (AvgIpc) is 2.99. The van der Waals surface area contributed by atoms with Crippen LogP contribution in [0.25, 0.3) is 17.0 Å². The van der Waals surface area contributed by atoms with E-state index in [1.54, 1.807) is 4.68 Å². The standard InChI is InChI=1S/C19H23N5O/c1-24-12-14-10-13(8-9-16(14)23-24)11-17-18(25)22-19(21-17)20-15-6-4-2-3-5-7-15/h8-12,15H,2-7H2,1H3,(H2,20,21,22,25)/b17-11-. The number of nitrogens with zero attached hydrogens (tertiary/aromatic N) is 3. The fraction of sp³-hybridized carbons (Fsp3) is 0.421. The molecular weight excluding hydrogens is 314 g/mol. The van der Waals surface area contributed by atoms with Crippen molar-refractivity contribution in [3.8, 4) is 0 Å². The third kappa shape index (κ3) is 3.57. The lowest BCUT2D eigenvalue weighted by Gasteiger charge is -2.16. The Balaban J connectivity index is 1.52. The van der Waals surface area contributed by atoms with Gasteiger partial charge in [0.25, 0.3) is 5.91 Å². The minimum atomic E-state index is -0.151. The fourth-order valence-electron chi connectivity index (χ4n) is 3.57. The molecule has 2 heterocycles. The summed E-state index contributed by atoms with van der Waals surface area (Å²) in [5.74, 6) is 0.438. The molecule has 1 fully saturated rings. The molecule has 1 aromatic heterocycles. The van der Waals surface area contributed by atoms with Crippen LogP contribution < -0.4 is 10.6 Å². The molecule has 0 atom stereocenters. The second-order valence-electron chi connectivity index (χ2n) is 6.90. The highest BCUT2D eigenvalue weighted by atomic mass is 16.2. The number of amides is 1. The molecule has 130 valence electrons. The van der Waals surface area contributed by atoms with E-state index in [9.17, 15) is 4.79 Å². The zero-order valence-corrected chi connectivity index (χ0v) is 14.5. The van der Waals surface area contributed by atoms with Crippen LogP contribution in [-0.2, 0) is 11.8 Å². The van der Waals surface area contributed by atoms with Gasteiger partial charge in [-0.05, 0) is 36.6 Å². The molecule has 0 spiro atoms. The first kappa shape index (κ1) is 15.9. The first-order valence-electron chi connectivity index (χ1n) is 8.99. The van der Waals surface area contributed by atoms with Crippen LogP contribution >= 0.6 is 0 Å². The SMILES string of the molecule is Cn1cc2cc(/C=C3\N=C(NC4CCCCCC4)NC3=O)ccc2n1. The van der Waals surface area contributed by atoms with Crippen LogP contribution in [0.3, 0.4) is 0 Å². The topological polar surface area (TPSA) is 71.3 Å². The maximum Gasteiger partial charge on any atom is 0.276 e. The maximum atomic E-state index is 12.2. The van der Waals surface area contributed by atoms with Gasteiger partial charge in [0.05, 0.1) is 5.52 Å². The number of hydrogen-bond acceptors (Lipinski definition) is 4. The molecule has 6 nitrogen and oxygen atoms in total. The predicted molar refractivity (Wildman–Crippen MR) is 98.9 cm³/mol. The fourth-order valence-corrected chi connectivity index (χ4v) is 3.57. The first-order valence-corrected chi connectivity index (χ1v) is 8.99. The lowest BCUT2D eigenvalue weighted by atomic mass is 10.1. The van der Waals surface area contributed by atoms with Crippen molar-refractivity contribution in [1.29, 1.82) is 0 Å². The van der Waals surface area contributed by atoms with Gasteiger partial charge in [0, 0.05) is 24.7 Å². The van der Waals surface area contributed by atoms with Crippen LogP contribution in [0.5, 0.6) is 0 Å². The predicted octanol–water partition coefficient (Wildman–Crippen LogP) is 2.71. The van der Waals surface area contributed by atoms with Crippen molar-refractivity contribution in [2.75, 3.05) is 0 Å². The summed E-state index contributed by atoms with van der Waals surface area (Å²) in [7, 11) is 1.90. The molecule has 1 aliphatic carbocycles. The Kier molecular flexibility index (Phi) is 4.26. The summed E-state index contributed by atoms with van der Waals surface area (Å²) >= 11 is 0. The van der Waals surface area contributed by atoms with Crippen LogP contribution in [0, 0.1) is 0 Å². The quantitative estimate of drug-likeness (QED) is 0.654. The second kappa shape index (κ2) is 6.70. The van der Waals surface area contributed by atoms with Gasteiger partial charge in [-0.1, -0.05) is 31.7 Å². The molecule has 2 aliphatic rings. The molecule has 0 radical (unpaired) electrons. The van der Waals surface area contributed by atoms with Gasteiger partial charge in [-0.3, -0.25) is 14.8 Å². The van der Waals surface area contributed by atoms with Crippen LogP contribution in [0.4, 0.5) is 0 Å². The molecule has 2 aromatic rings. The van der Waals surface area contributed by atoms with E-state index in [-0.39, 0.29) is 5.91 Å². The van der Waals surface area contributed by atoms with Crippen molar-refractivity contribution in [3.63, 3.8) is 0 Å². The summed E-state index contributed by atoms with van der Waals surface area (Å²) in [4.78, 5) is 16.7. The van der Waals surface area contributed by atoms with Gasteiger partial charge in [0.15, 0.2) is 0 Å². The Hall–Kier alpha value is -2.63. The molecule has 1 amide bonds. The van der Waals surface area contributed by atoms with E-state index >= 15 is 0 Å². The van der Waals surface area contributed by atoms with Gasteiger partial charge >= 0.3 is 0 Å². The van der Waals surface area contributed by atoms with Crippen LogP contribution in [-0.4, -0.2) is 27.7 Å². The number of hydrogen-bond donors (Lipinski definition) is 2. The van der Waals surface area contributed by atoms with Gasteiger partial charge in [-0.2, -0.15) is 5.10 Å². The molecule has 0 saturated heterocycles. The number of nitrogens with one attached hydrogen (secondary N) is 2. The number of guanidine groups is 1. The number of benzene rings is 1. The van der Waals surface area contributed by atoms with Crippen molar-refractivity contribution in [2.45, 2.75) is 44.6 Å². The smallest absolute Gasteiger partial charge is 0.276 e. The Bertz CT molecular complexity index is 856. The summed E-state index contributed by atoms with van der Waals surface area (Å²) in [5, 5.41) is 11.7. The van der Waals surface area contributed by atoms with Crippen molar-refractivity contribution in [1.82, 2.24) is 20.4 Å². The Labute approximate surface area is 147 Å². The Morgan fingerprint density at radius 2 is 2.04 bits per heavy atom. The average molecular weight is 337 g/mol. The number of aliphatic imine (C=N–C) groups is 1. The summed E-state index contributed by atoms with van der Waals surface area (Å²) in [5.41, 5.74) is 2.34. The molecule has 1 aliphatic heterocycles. The zero-order chi connectivity index (χ0) is 17.2. The Morgan fingerprint density at radius 3 is 2.84 bits per heavy atom. The van der Waals surface area contributed by atoms with Crippen molar-refractivity contribution >= 4 is 28.8 Å². The summed E-state index contributed by atoms with van der Waals surface area (Å²) in [6.45, 7) is 0. The Morgan fingerprint density at radius 1 is 1.24 bits per heavy atom. The zero-order valence-electron chi connectivity index (χ0n) is 14.5. The molecule has 6 heteroatoms. The van der Waals surface area contributed by atoms with Crippen LogP contribution in [0.2, 0.25) is 0 Å². The van der Waals surface area contributed by atoms with E-state index in [4.69, 9.17) is 0 Å². The normalized spacial score (nSPS) is 20.6. The minimum Gasteiger partial charge on any atom is -0.353 e. The minimum absolute atomic E-state index is 0.151. The lowest BCUT2D eigenvalue weighted by molar-refractivity contribution is -0.115. The first-order chi connectivity index (χ1) is 12.2. The van der Waals surface area contributed by atoms with Crippen molar-refractivity contribution in [2.24, 2.45) is 12.0 Å². The number of aryl methyl sites for hydroxylation is 1. The van der Waals surface area contributed by atoms with Crippen LogP contribution in [0.15, 0.2) is 35.1 Å². The van der Waals surface area contributed by atoms with Crippen molar-refractivity contribution in [3.05, 3.63) is 35.7 Å². The molecule has 1 aromatic carbocycles. The van der Waals surface area contributed by atoms with E-state index in [0.29, 0.717) is 17.7 Å². The second-order valence-corrected chi connectivity index (χ2v) is 6.90. The highest BCUT2D eigenvalue weighted by molar-refractivity contribution is 6.13. The van der Waals surface area contributed by atoms with Gasteiger partial charge in [0.2, 0.25) is 5.96 Å². The van der Waals surface area contributed by atoms with E-state index in [0.717, 1.165) is 29.3 Å². The summed E-state index contributed by atoms with van der Waals surface area (Å²) in [6.07, 6.45) is 11.2. The summed E-state index contributed by atoms with van der Waals surface area (Å²) < 4.78 is 1.79. The van der Waals surface area contributed by atoms with E-state index in [1.807, 2.05) is 37.5 Å². The van der Waals surface area contributed by atoms with Crippen LogP contribution in [0.1, 0.15) is 44.1 Å². The van der Waals surface area contributed by atoms with Gasteiger partial charge in [-0.15, -0.1) is 0 Å². The van der Waals surface area contributed by atoms with E-state index in [2.05, 4.69) is 20.7 Å². The third-order valence-electron chi connectivity index (χ3n) is 4.84. The largest absolute Gasteiger partial charge is 0.353 e. The van der Waals surface area contributed by atoms with Gasteiger partial charge < -0.3 is 5.32 Å². The van der Waals surface area contributed by atoms with Crippen molar-refractivity contribution < 1.29 is 4.79 Å². The highest BCUT2D eigenvalue weighted by Crippen LogP contribution is 2.19. The maximum absolute atomic E-state index is 12.2. The number of rotatable bonds is 2. The summed E-state index contributed by atoms with van der Waals surface area (Å²) in [6, 6.07) is 6.35. The molecule has 1 saturated carbocycles. The van der Waals surface area contributed by atoms with Gasteiger partial charge in [-0.25, -0.2) is 4.99 Å². The third-order valence-corrected chi connectivity index (χ3v) is 4.84. The van der Waals surface area contributed by atoms with E-state index < -0.39 is 0 Å². The number of carbonyl (C=O) groups excluding carboxylic acids is 1. The molecule has 25 heavy (non-hydrogen) atoms. The molecule has 2 N–H and O–H groups in total. The van der Waals surface area contributed by atoms with E-state index in [1.165, 1.54) is 25.7 Å². The lowest BCUT2D eigenvalue weighted by Crippen LogP contribution is -2.42. The number of aromatic nitrogens is 2. The molecule has 4 rings (SSSR count). The number of fused-ring (bicyclic) bond motifs is 1. The molecule has 0 unspecified atom stereocenters. The number of carbonyl (C=O) groups is 1. The highest BCUT2D eigenvalue weighted by Gasteiger charge is 2.22. The molecule has 0 bridgehead atoms.